The molecule has 2 heterocycles. The van der Waals surface area contributed by atoms with E-state index < -0.39 is 5.91 Å². The molecule has 0 saturated heterocycles. The lowest BCUT2D eigenvalue weighted by Gasteiger charge is -2.05. The smallest absolute Gasteiger partial charge is 0.270 e. The van der Waals surface area contributed by atoms with Gasteiger partial charge in [0.15, 0.2) is 11.7 Å². The number of nitrogens with zero attached hydrogens (tertiary/aromatic N) is 3. The highest BCUT2D eigenvalue weighted by atomic mass is 32.1. The van der Waals surface area contributed by atoms with Crippen molar-refractivity contribution in [2.24, 2.45) is 0 Å². The van der Waals surface area contributed by atoms with Gasteiger partial charge in [-0.2, -0.15) is 4.98 Å². The summed E-state index contributed by atoms with van der Waals surface area (Å²) in [6, 6.07) is 12.7. The van der Waals surface area contributed by atoms with Crippen LogP contribution in [0.4, 0.5) is 9.52 Å². The minimum Gasteiger partial charge on any atom is -0.497 e. The second-order valence-corrected chi connectivity index (χ2v) is 7.38. The number of amides is 1. The first-order chi connectivity index (χ1) is 15.0. The summed E-state index contributed by atoms with van der Waals surface area (Å²) in [5, 5.41) is 7.07. The Hall–Kier alpha value is -3.79. The van der Waals surface area contributed by atoms with Crippen molar-refractivity contribution in [1.29, 1.82) is 0 Å². The molecule has 0 spiro atoms. The lowest BCUT2D eigenvalue weighted by atomic mass is 10.2. The monoisotopic (exact) mass is 440 g/mol. The summed E-state index contributed by atoms with van der Waals surface area (Å²) in [6.45, 7) is 1.55. The number of aryl methyl sites for hydroxylation is 1. The zero-order valence-electron chi connectivity index (χ0n) is 16.6. The minimum atomic E-state index is -0.394. The highest BCUT2D eigenvalue weighted by molar-refractivity contribution is 7.19. The average molecular weight is 440 g/mol. The summed E-state index contributed by atoms with van der Waals surface area (Å²) in [6.07, 6.45) is 0. The van der Waals surface area contributed by atoms with Crippen LogP contribution in [0, 0.1) is 12.7 Å². The van der Waals surface area contributed by atoms with Crippen molar-refractivity contribution in [2.75, 3.05) is 19.0 Å². The van der Waals surface area contributed by atoms with Crippen molar-refractivity contribution < 1.29 is 23.2 Å². The van der Waals surface area contributed by atoms with Crippen molar-refractivity contribution in [3.63, 3.8) is 0 Å². The molecule has 0 saturated carbocycles. The van der Waals surface area contributed by atoms with E-state index >= 15 is 0 Å². The third-order valence-electron chi connectivity index (χ3n) is 4.20. The van der Waals surface area contributed by atoms with E-state index in [-0.39, 0.29) is 12.4 Å². The van der Waals surface area contributed by atoms with Gasteiger partial charge in [-0.1, -0.05) is 16.5 Å². The fourth-order valence-corrected chi connectivity index (χ4v) is 3.56. The summed E-state index contributed by atoms with van der Waals surface area (Å²) < 4.78 is 28.8. The largest absolute Gasteiger partial charge is 0.497 e. The van der Waals surface area contributed by atoms with Gasteiger partial charge in [0, 0.05) is 5.56 Å². The first-order valence-electron chi connectivity index (χ1n) is 9.16. The number of ether oxygens (including phenoxy) is 2. The van der Waals surface area contributed by atoms with Gasteiger partial charge in [-0.15, -0.1) is 0 Å². The van der Waals surface area contributed by atoms with Crippen molar-refractivity contribution in [3.05, 3.63) is 60.0 Å². The van der Waals surface area contributed by atoms with E-state index in [9.17, 15) is 9.18 Å². The number of carbonyl (C=O) groups is 1. The normalized spacial score (nSPS) is 10.7. The molecule has 4 rings (SSSR count). The Morgan fingerprint density at radius 3 is 2.52 bits per heavy atom. The Morgan fingerprint density at radius 2 is 1.81 bits per heavy atom. The van der Waals surface area contributed by atoms with E-state index in [1.165, 1.54) is 35.6 Å². The van der Waals surface area contributed by atoms with Crippen LogP contribution in [-0.2, 0) is 4.79 Å². The van der Waals surface area contributed by atoms with E-state index in [1.54, 1.807) is 14.0 Å². The number of hydrogen-bond acceptors (Lipinski definition) is 8. The third-order valence-corrected chi connectivity index (χ3v) is 5.26. The second-order valence-electron chi connectivity index (χ2n) is 6.38. The van der Waals surface area contributed by atoms with E-state index in [2.05, 4.69) is 20.4 Å². The van der Waals surface area contributed by atoms with E-state index in [1.807, 2.05) is 24.3 Å². The number of rotatable bonds is 7. The van der Waals surface area contributed by atoms with E-state index in [4.69, 9.17) is 14.0 Å². The van der Waals surface area contributed by atoms with Crippen LogP contribution in [0.3, 0.4) is 0 Å². The standard InChI is InChI=1S/C21H17FN4O4S/c1-12-18(20-25-19(26-30-20)13-3-7-15(28-2)8-4-13)31-21(23-12)24-17(27)11-29-16-9-5-14(22)6-10-16/h3-10H,11H2,1-2H3,(H,23,24,27). The fraction of sp³-hybridized carbons (Fsp3) is 0.143. The zero-order chi connectivity index (χ0) is 21.8. The summed E-state index contributed by atoms with van der Waals surface area (Å²) in [4.78, 5) is 21.6. The lowest BCUT2D eigenvalue weighted by molar-refractivity contribution is -0.118. The minimum absolute atomic E-state index is 0.234. The Morgan fingerprint density at radius 1 is 1.10 bits per heavy atom. The van der Waals surface area contributed by atoms with Crippen LogP contribution in [0.25, 0.3) is 22.2 Å². The summed E-state index contributed by atoms with van der Waals surface area (Å²) in [5.74, 6) is 1.10. The summed E-state index contributed by atoms with van der Waals surface area (Å²) >= 11 is 1.21. The van der Waals surface area contributed by atoms with Gasteiger partial charge in [0.1, 0.15) is 22.2 Å². The van der Waals surface area contributed by atoms with Crippen LogP contribution in [-0.4, -0.2) is 34.7 Å². The fourth-order valence-electron chi connectivity index (χ4n) is 2.66. The maximum absolute atomic E-state index is 12.9. The molecule has 1 amide bonds. The maximum Gasteiger partial charge on any atom is 0.270 e. The predicted octanol–water partition coefficient (Wildman–Crippen LogP) is 4.33. The molecule has 0 atom stereocenters. The molecule has 4 aromatic rings. The second kappa shape index (κ2) is 8.92. The van der Waals surface area contributed by atoms with Gasteiger partial charge in [0.25, 0.3) is 11.8 Å². The molecule has 2 aromatic heterocycles. The predicted molar refractivity (Wildman–Crippen MR) is 113 cm³/mol. The number of thiazole rings is 1. The first-order valence-corrected chi connectivity index (χ1v) is 9.97. The van der Waals surface area contributed by atoms with Crippen LogP contribution < -0.4 is 14.8 Å². The maximum atomic E-state index is 12.9. The molecule has 2 aromatic carbocycles. The number of anilines is 1. The van der Waals surface area contributed by atoms with E-state index in [0.717, 1.165) is 11.3 Å². The molecular weight excluding hydrogens is 423 g/mol. The van der Waals surface area contributed by atoms with Crippen molar-refractivity contribution in [1.82, 2.24) is 15.1 Å². The van der Waals surface area contributed by atoms with Crippen LogP contribution >= 0.6 is 11.3 Å². The summed E-state index contributed by atoms with van der Waals surface area (Å²) in [5.41, 5.74) is 1.43. The van der Waals surface area contributed by atoms with E-state index in [0.29, 0.717) is 33.2 Å². The molecule has 8 nitrogen and oxygen atoms in total. The van der Waals surface area contributed by atoms with Gasteiger partial charge in [0.05, 0.1) is 12.8 Å². The van der Waals surface area contributed by atoms with Crippen molar-refractivity contribution >= 4 is 22.4 Å². The molecule has 0 unspecified atom stereocenters. The number of halogens is 1. The summed E-state index contributed by atoms with van der Waals surface area (Å²) in [7, 11) is 1.60. The highest BCUT2D eigenvalue weighted by Gasteiger charge is 2.18. The molecule has 10 heteroatoms. The molecular formula is C21H17FN4O4S. The number of nitrogens with one attached hydrogen (secondary N) is 1. The Kier molecular flexibility index (Phi) is 5.89. The molecule has 0 bridgehead atoms. The van der Waals surface area contributed by atoms with Crippen LogP contribution in [0.2, 0.25) is 0 Å². The highest BCUT2D eigenvalue weighted by Crippen LogP contribution is 2.33. The lowest BCUT2D eigenvalue weighted by Crippen LogP contribution is -2.20. The molecule has 0 aliphatic carbocycles. The number of aromatic nitrogens is 3. The number of methoxy groups -OCH3 is 1. The topological polar surface area (TPSA) is 99.4 Å². The van der Waals surface area contributed by atoms with Crippen LogP contribution in [0.5, 0.6) is 11.5 Å². The quantitative estimate of drug-likeness (QED) is 0.456. The number of benzene rings is 2. The van der Waals surface area contributed by atoms with Gasteiger partial charge in [-0.3, -0.25) is 10.1 Å². The SMILES string of the molecule is COc1ccc(-c2noc(-c3sc(NC(=O)COc4ccc(F)cc4)nc3C)n2)cc1. The van der Waals surface area contributed by atoms with Crippen molar-refractivity contribution in [3.8, 4) is 33.7 Å². The van der Waals surface area contributed by atoms with Crippen molar-refractivity contribution in [2.45, 2.75) is 6.92 Å². The molecule has 31 heavy (non-hydrogen) atoms. The van der Waals surface area contributed by atoms with Gasteiger partial charge in [0.2, 0.25) is 5.82 Å². The molecule has 0 aliphatic heterocycles. The number of carbonyl (C=O) groups excluding carboxylic acids is 1. The average Bonchev–Trinajstić information content (AvgIpc) is 3.40. The number of hydrogen-bond donors (Lipinski definition) is 1. The zero-order valence-corrected chi connectivity index (χ0v) is 17.4. The first kappa shape index (κ1) is 20.5. The van der Waals surface area contributed by atoms with Gasteiger partial charge >= 0.3 is 0 Å². The molecule has 1 N–H and O–H groups in total. The Bertz CT molecular complexity index is 1190. The van der Waals surface area contributed by atoms with Crippen LogP contribution in [0.15, 0.2) is 53.1 Å². The third kappa shape index (κ3) is 4.86. The van der Waals surface area contributed by atoms with Crippen LogP contribution in [0.1, 0.15) is 5.69 Å². The molecule has 158 valence electrons. The van der Waals surface area contributed by atoms with Gasteiger partial charge in [-0.25, -0.2) is 9.37 Å². The molecule has 0 aliphatic rings. The molecule has 0 radical (unpaired) electrons. The van der Waals surface area contributed by atoms with Gasteiger partial charge < -0.3 is 14.0 Å². The molecule has 0 fully saturated rings. The van der Waals surface area contributed by atoms with Gasteiger partial charge in [-0.05, 0) is 55.5 Å². The Labute approximate surface area is 180 Å². The Balaban J connectivity index is 1.42.